The average Bonchev–Trinajstić information content (AvgIpc) is 2.21. The van der Waals surface area contributed by atoms with E-state index in [9.17, 15) is 18.5 Å². The van der Waals surface area contributed by atoms with Crippen LogP contribution in [0.15, 0.2) is 0 Å². The summed E-state index contributed by atoms with van der Waals surface area (Å²) in [6, 6.07) is 1.59. The van der Waals surface area contributed by atoms with Crippen molar-refractivity contribution in [1.82, 2.24) is 0 Å². The van der Waals surface area contributed by atoms with Crippen LogP contribution in [0.3, 0.4) is 0 Å². The van der Waals surface area contributed by atoms with Gasteiger partial charge in [0, 0.05) is 18.5 Å². The van der Waals surface area contributed by atoms with Crippen LogP contribution in [0.4, 0.5) is 0 Å². The minimum Gasteiger partial charge on any atom is -0.432 e. The standard InChI is InChI=1S/C6H13O4P3Si/c7-11-1-4-14(10,5-2-12-8)6-3-13-9/h10H,1-6H2. The number of rotatable bonds is 9. The van der Waals surface area contributed by atoms with Gasteiger partial charge in [0.15, 0.2) is 33.7 Å². The van der Waals surface area contributed by atoms with Crippen molar-refractivity contribution < 1.29 is 18.5 Å². The first-order valence-electron chi connectivity index (χ1n) is 4.28. The Labute approximate surface area is 89.2 Å². The third-order valence-corrected chi connectivity index (χ3v) is 8.03. The second-order valence-corrected chi connectivity index (χ2v) is 9.10. The van der Waals surface area contributed by atoms with Crippen LogP contribution in [0.1, 0.15) is 0 Å². The largest absolute Gasteiger partial charge is 0.432 e. The topological polar surface area (TPSA) is 71.4 Å². The lowest BCUT2D eigenvalue weighted by Gasteiger charge is -2.21. The van der Waals surface area contributed by atoms with Crippen molar-refractivity contribution in [2.24, 2.45) is 0 Å². The van der Waals surface area contributed by atoms with Crippen LogP contribution in [0.2, 0.25) is 18.1 Å². The van der Waals surface area contributed by atoms with E-state index in [4.69, 9.17) is 0 Å². The highest BCUT2D eigenvalue weighted by Crippen LogP contribution is 2.23. The van der Waals surface area contributed by atoms with E-state index < -0.39 is 8.32 Å². The average molecular weight is 270 g/mol. The molecule has 0 atom stereocenters. The van der Waals surface area contributed by atoms with Crippen LogP contribution in [-0.4, -0.2) is 31.6 Å². The van der Waals surface area contributed by atoms with Crippen molar-refractivity contribution in [3.63, 3.8) is 0 Å². The first-order valence-corrected chi connectivity index (χ1v) is 9.84. The molecule has 0 unspecified atom stereocenters. The maximum Gasteiger partial charge on any atom is 0.190 e. The van der Waals surface area contributed by atoms with E-state index >= 15 is 0 Å². The highest BCUT2D eigenvalue weighted by Gasteiger charge is 2.29. The monoisotopic (exact) mass is 270 g/mol. The van der Waals surface area contributed by atoms with E-state index in [0.29, 0.717) is 36.6 Å². The smallest absolute Gasteiger partial charge is 0.190 e. The van der Waals surface area contributed by atoms with E-state index in [0.717, 1.165) is 0 Å². The van der Waals surface area contributed by atoms with Gasteiger partial charge in [0.1, 0.15) is 0 Å². The molecule has 0 saturated heterocycles. The van der Waals surface area contributed by atoms with Gasteiger partial charge in [-0.1, -0.05) is 0 Å². The van der Waals surface area contributed by atoms with Gasteiger partial charge in [0.25, 0.3) is 0 Å². The van der Waals surface area contributed by atoms with Crippen molar-refractivity contribution in [2.75, 3.05) is 18.5 Å². The van der Waals surface area contributed by atoms with Crippen molar-refractivity contribution in [3.8, 4) is 0 Å². The molecule has 0 fully saturated rings. The third-order valence-electron chi connectivity index (χ3n) is 2.01. The molecule has 8 heteroatoms. The molecule has 1 N–H and O–H groups in total. The molecule has 0 aliphatic rings. The van der Waals surface area contributed by atoms with E-state index in [1.165, 1.54) is 0 Å². The summed E-state index contributed by atoms with van der Waals surface area (Å²) in [7, 11) is -2.34. The molecule has 0 rings (SSSR count). The van der Waals surface area contributed by atoms with Crippen LogP contribution < -0.4 is 0 Å². The van der Waals surface area contributed by atoms with Crippen molar-refractivity contribution >= 4 is 33.7 Å². The second kappa shape index (κ2) is 8.76. The van der Waals surface area contributed by atoms with Crippen LogP contribution in [0.5, 0.6) is 0 Å². The molecule has 0 heterocycles. The Morgan fingerprint density at radius 1 is 0.786 bits per heavy atom. The Balaban J connectivity index is 4.07. The molecule has 14 heavy (non-hydrogen) atoms. The molecule has 0 saturated carbocycles. The molecule has 0 bridgehead atoms. The molecule has 0 radical (unpaired) electrons. The molecule has 0 aliphatic carbocycles. The molecular weight excluding hydrogens is 257 g/mol. The van der Waals surface area contributed by atoms with Gasteiger partial charge in [-0.2, -0.15) is 0 Å². The van der Waals surface area contributed by atoms with Gasteiger partial charge in [-0.15, -0.1) is 0 Å². The first-order chi connectivity index (χ1) is 6.68. The van der Waals surface area contributed by atoms with Gasteiger partial charge in [0.05, 0.1) is 0 Å². The van der Waals surface area contributed by atoms with E-state index in [1.54, 1.807) is 0 Å². The third kappa shape index (κ3) is 6.86. The summed E-state index contributed by atoms with van der Waals surface area (Å²) in [6.45, 7) is 0. The first kappa shape index (κ1) is 14.5. The Kier molecular flexibility index (Phi) is 9.06. The maximum absolute atomic E-state index is 10.3. The minimum atomic E-state index is -2.43. The summed E-state index contributed by atoms with van der Waals surface area (Å²) >= 11 is 0. The number of hydrogen-bond acceptors (Lipinski definition) is 4. The summed E-state index contributed by atoms with van der Waals surface area (Å²) < 4.78 is 30.8. The fourth-order valence-electron chi connectivity index (χ4n) is 1.14. The SMILES string of the molecule is O=PCC[Si](O)(CCP=O)CCP=O. The lowest BCUT2D eigenvalue weighted by Crippen LogP contribution is -2.35. The molecule has 0 aromatic heterocycles. The normalized spacial score (nSPS) is 16.1. The zero-order chi connectivity index (χ0) is 10.9. The molecular formula is C6H13O4P3Si. The van der Waals surface area contributed by atoms with Crippen LogP contribution in [0, 0.1) is 0 Å². The summed E-state index contributed by atoms with van der Waals surface area (Å²) in [5.74, 6) is 0. The Bertz CT molecular complexity index is 170. The van der Waals surface area contributed by atoms with Gasteiger partial charge in [-0.25, -0.2) is 0 Å². The Hall–Kier alpha value is 0.477. The fourth-order valence-corrected chi connectivity index (χ4v) is 7.98. The molecule has 0 aromatic carbocycles. The summed E-state index contributed by atoms with van der Waals surface area (Å²) in [6.07, 6.45) is 1.32. The van der Waals surface area contributed by atoms with Gasteiger partial charge in [-0.05, 0) is 18.1 Å². The van der Waals surface area contributed by atoms with Crippen molar-refractivity contribution in [3.05, 3.63) is 0 Å². The molecule has 4 nitrogen and oxygen atoms in total. The maximum atomic E-state index is 10.3. The van der Waals surface area contributed by atoms with Gasteiger partial charge in [-0.3, -0.25) is 13.7 Å². The molecule has 0 amide bonds. The highest BCUT2D eigenvalue weighted by atomic mass is 31.1. The molecule has 80 valence electrons. The summed E-state index contributed by atoms with van der Waals surface area (Å²) in [4.78, 5) is 10.1. The quantitative estimate of drug-likeness (QED) is 0.516. The predicted octanol–water partition coefficient (Wildman–Crippen LogP) is 2.80. The van der Waals surface area contributed by atoms with Gasteiger partial charge < -0.3 is 4.80 Å². The van der Waals surface area contributed by atoms with Crippen LogP contribution in [0.25, 0.3) is 0 Å². The van der Waals surface area contributed by atoms with Crippen molar-refractivity contribution in [2.45, 2.75) is 18.1 Å². The summed E-state index contributed by atoms with van der Waals surface area (Å²) in [5, 5.41) is 0. The molecule has 0 aromatic rings. The van der Waals surface area contributed by atoms with Gasteiger partial charge >= 0.3 is 0 Å². The lowest BCUT2D eigenvalue weighted by atomic mass is 10.9. The zero-order valence-electron chi connectivity index (χ0n) is 7.76. The lowest BCUT2D eigenvalue weighted by molar-refractivity contribution is 0.529. The van der Waals surface area contributed by atoms with Crippen LogP contribution >= 0.6 is 25.4 Å². The summed E-state index contributed by atoms with van der Waals surface area (Å²) in [5.41, 5.74) is 0. The molecule has 0 spiro atoms. The number of hydrogen-bond donors (Lipinski definition) is 1. The van der Waals surface area contributed by atoms with E-state index in [1.807, 2.05) is 0 Å². The fraction of sp³-hybridized carbons (Fsp3) is 1.00. The van der Waals surface area contributed by atoms with Crippen LogP contribution in [-0.2, 0) is 13.7 Å². The highest BCUT2D eigenvalue weighted by molar-refractivity contribution is 7.25. The molecule has 0 aliphatic heterocycles. The van der Waals surface area contributed by atoms with E-state index in [2.05, 4.69) is 0 Å². The second-order valence-electron chi connectivity index (χ2n) is 3.03. The van der Waals surface area contributed by atoms with Gasteiger partial charge in [0.2, 0.25) is 0 Å². The Morgan fingerprint density at radius 3 is 1.29 bits per heavy atom. The predicted molar refractivity (Wildman–Crippen MR) is 59.8 cm³/mol. The minimum absolute atomic E-state index is 0.0324. The zero-order valence-corrected chi connectivity index (χ0v) is 11.4. The Morgan fingerprint density at radius 2 is 1.07 bits per heavy atom. The van der Waals surface area contributed by atoms with E-state index in [-0.39, 0.29) is 25.4 Å². The van der Waals surface area contributed by atoms with Crippen molar-refractivity contribution in [1.29, 1.82) is 0 Å².